The Labute approximate surface area is 205 Å². The molecule has 2 heteroatoms. The molecule has 2 aromatic heterocycles. The summed E-state index contributed by atoms with van der Waals surface area (Å²) in [5, 5.41) is 0. The van der Waals surface area contributed by atoms with Crippen molar-refractivity contribution < 1.29 is 0 Å². The maximum absolute atomic E-state index is 2.30. The molecule has 0 spiro atoms. The molecule has 0 nitrogen and oxygen atoms in total. The first kappa shape index (κ1) is 27.9. The lowest BCUT2D eigenvalue weighted by Crippen LogP contribution is -1.90. The normalized spacial score (nSPS) is 9.94. The molecular formula is C30H40S2. The van der Waals surface area contributed by atoms with Crippen LogP contribution in [0.3, 0.4) is 0 Å². The molecule has 0 saturated heterocycles. The van der Waals surface area contributed by atoms with E-state index in [1.807, 2.05) is 22.7 Å². The van der Waals surface area contributed by atoms with E-state index in [-0.39, 0.29) is 14.9 Å². The fourth-order valence-electron chi connectivity index (χ4n) is 3.52. The molecule has 2 heterocycles. The largest absolute Gasteiger partial charge is 0.145 e. The summed E-state index contributed by atoms with van der Waals surface area (Å²) in [7, 11) is 0. The predicted octanol–water partition coefficient (Wildman–Crippen LogP) is 9.80. The first-order chi connectivity index (χ1) is 14.3. The first-order valence-electron chi connectivity index (χ1n) is 10.5. The zero-order valence-corrected chi connectivity index (χ0v) is 20.6. The first-order valence-corrected chi connectivity index (χ1v) is 12.2. The van der Waals surface area contributed by atoms with E-state index in [1.54, 1.807) is 0 Å². The van der Waals surface area contributed by atoms with Gasteiger partial charge < -0.3 is 0 Å². The maximum atomic E-state index is 2.30. The maximum Gasteiger partial charge on any atom is 0.00919 e. The Kier molecular flexibility index (Phi) is 11.1. The van der Waals surface area contributed by atoms with E-state index in [9.17, 15) is 0 Å². The van der Waals surface area contributed by atoms with Crippen LogP contribution in [-0.4, -0.2) is 0 Å². The minimum atomic E-state index is 0. The van der Waals surface area contributed by atoms with Crippen molar-refractivity contribution in [2.45, 2.75) is 69.2 Å². The van der Waals surface area contributed by atoms with Gasteiger partial charge in [0.15, 0.2) is 0 Å². The Hall–Kier alpha value is -2.16. The van der Waals surface area contributed by atoms with Crippen LogP contribution in [0, 0.1) is 41.5 Å². The van der Waals surface area contributed by atoms with Gasteiger partial charge >= 0.3 is 0 Å². The van der Waals surface area contributed by atoms with Crippen LogP contribution in [0.4, 0.5) is 0 Å². The molecule has 0 radical (unpaired) electrons. The van der Waals surface area contributed by atoms with Gasteiger partial charge in [0.05, 0.1) is 0 Å². The Morgan fingerprint density at radius 3 is 1.19 bits per heavy atom. The van der Waals surface area contributed by atoms with Gasteiger partial charge in [-0.3, -0.25) is 0 Å². The van der Waals surface area contributed by atoms with Gasteiger partial charge in [0.1, 0.15) is 0 Å². The van der Waals surface area contributed by atoms with Crippen molar-refractivity contribution in [3.05, 3.63) is 114 Å². The SMILES string of the molecule is C.C.Cc1ccc(C)c(Cc2ccc(C)s2)c1.Cc1ccc(C)c(Cc2ccc(C)s2)c1. The Bertz CT molecular complexity index is 1020. The molecule has 0 aliphatic carbocycles. The highest BCUT2D eigenvalue weighted by Crippen LogP contribution is 2.22. The van der Waals surface area contributed by atoms with Crippen LogP contribution in [0.2, 0.25) is 0 Å². The van der Waals surface area contributed by atoms with Crippen LogP contribution in [0.5, 0.6) is 0 Å². The second-order valence-electron chi connectivity index (χ2n) is 8.24. The molecule has 0 atom stereocenters. The lowest BCUT2D eigenvalue weighted by molar-refractivity contribution is 1.18. The molecule has 0 aliphatic rings. The predicted molar refractivity (Wildman–Crippen MR) is 149 cm³/mol. The van der Waals surface area contributed by atoms with Crippen LogP contribution >= 0.6 is 22.7 Å². The zero-order valence-electron chi connectivity index (χ0n) is 19.0. The third kappa shape index (κ3) is 8.07. The topological polar surface area (TPSA) is 0 Å². The van der Waals surface area contributed by atoms with E-state index in [1.165, 1.54) is 52.9 Å². The average Bonchev–Trinajstić information content (AvgIpc) is 3.29. The van der Waals surface area contributed by atoms with Crippen molar-refractivity contribution in [2.24, 2.45) is 0 Å². The molecule has 4 aromatic rings. The standard InChI is InChI=1S/2C14H16S.2CH4/c2*1-10-4-5-11(2)13(8-10)9-14-7-6-12(3)15-14;;/h2*4-8H,9H2,1-3H3;2*1H4. The van der Waals surface area contributed by atoms with Crippen molar-refractivity contribution >= 4 is 22.7 Å². The molecule has 2 aromatic carbocycles. The Morgan fingerprint density at radius 1 is 0.500 bits per heavy atom. The summed E-state index contributed by atoms with van der Waals surface area (Å²) in [6, 6.07) is 22.3. The summed E-state index contributed by atoms with van der Waals surface area (Å²) in [5.41, 5.74) is 8.40. The van der Waals surface area contributed by atoms with Gasteiger partial charge in [-0.1, -0.05) is 62.4 Å². The van der Waals surface area contributed by atoms with Crippen LogP contribution in [0.15, 0.2) is 60.7 Å². The van der Waals surface area contributed by atoms with Crippen LogP contribution < -0.4 is 0 Å². The lowest BCUT2D eigenvalue weighted by Gasteiger charge is -2.05. The van der Waals surface area contributed by atoms with E-state index in [0.717, 1.165) is 12.8 Å². The minimum Gasteiger partial charge on any atom is -0.145 e. The third-order valence-corrected chi connectivity index (χ3v) is 7.33. The zero-order chi connectivity index (χ0) is 21.7. The number of aryl methyl sites for hydroxylation is 6. The molecule has 0 saturated carbocycles. The molecule has 4 rings (SSSR count). The second kappa shape index (κ2) is 12.8. The summed E-state index contributed by atoms with van der Waals surface area (Å²) in [4.78, 5) is 5.72. The van der Waals surface area contributed by atoms with Gasteiger partial charge in [0, 0.05) is 32.4 Å². The highest BCUT2D eigenvalue weighted by Gasteiger charge is 2.03. The molecule has 0 fully saturated rings. The summed E-state index contributed by atoms with van der Waals surface area (Å²) in [6.07, 6.45) is 2.15. The average molecular weight is 465 g/mol. The van der Waals surface area contributed by atoms with Crippen LogP contribution in [-0.2, 0) is 12.8 Å². The van der Waals surface area contributed by atoms with Crippen molar-refractivity contribution in [3.8, 4) is 0 Å². The number of thiophene rings is 2. The summed E-state index contributed by atoms with van der Waals surface area (Å²) >= 11 is 3.79. The quantitative estimate of drug-likeness (QED) is 0.282. The Balaban J connectivity index is 0.000000301. The molecule has 32 heavy (non-hydrogen) atoms. The highest BCUT2D eigenvalue weighted by atomic mass is 32.1. The van der Waals surface area contributed by atoms with Gasteiger partial charge in [-0.25, -0.2) is 0 Å². The lowest BCUT2D eigenvalue weighted by atomic mass is 10.0. The molecule has 0 amide bonds. The number of rotatable bonds is 4. The number of benzene rings is 2. The summed E-state index contributed by atoms with van der Waals surface area (Å²) < 4.78 is 0. The molecule has 0 bridgehead atoms. The fraction of sp³-hybridized carbons (Fsp3) is 0.333. The van der Waals surface area contributed by atoms with Crippen molar-refractivity contribution in [2.75, 3.05) is 0 Å². The fourth-order valence-corrected chi connectivity index (χ4v) is 5.34. The van der Waals surface area contributed by atoms with Crippen molar-refractivity contribution in [1.29, 1.82) is 0 Å². The van der Waals surface area contributed by atoms with Crippen molar-refractivity contribution in [3.63, 3.8) is 0 Å². The van der Waals surface area contributed by atoms with E-state index in [2.05, 4.69) is 102 Å². The van der Waals surface area contributed by atoms with Gasteiger partial charge in [-0.05, 0) is 88.1 Å². The third-order valence-electron chi connectivity index (χ3n) is 5.33. The molecule has 0 N–H and O–H groups in total. The van der Waals surface area contributed by atoms with Crippen LogP contribution in [0.25, 0.3) is 0 Å². The van der Waals surface area contributed by atoms with Crippen molar-refractivity contribution in [1.82, 2.24) is 0 Å². The Morgan fingerprint density at radius 2 is 0.875 bits per heavy atom. The molecule has 0 unspecified atom stereocenters. The van der Waals surface area contributed by atoms with Gasteiger partial charge in [-0.15, -0.1) is 22.7 Å². The number of hydrogen-bond acceptors (Lipinski definition) is 2. The summed E-state index contributed by atoms with van der Waals surface area (Å²) in [5.74, 6) is 0. The van der Waals surface area contributed by atoms with E-state index in [0.29, 0.717) is 0 Å². The van der Waals surface area contributed by atoms with Gasteiger partial charge in [0.2, 0.25) is 0 Å². The smallest absolute Gasteiger partial charge is 0.00919 e. The molecular weight excluding hydrogens is 424 g/mol. The second-order valence-corrected chi connectivity index (χ2v) is 11.0. The minimum absolute atomic E-state index is 0. The van der Waals surface area contributed by atoms with E-state index < -0.39 is 0 Å². The monoisotopic (exact) mass is 464 g/mol. The van der Waals surface area contributed by atoms with Gasteiger partial charge in [-0.2, -0.15) is 0 Å². The number of hydrogen-bond donors (Lipinski definition) is 0. The van der Waals surface area contributed by atoms with E-state index in [4.69, 9.17) is 0 Å². The van der Waals surface area contributed by atoms with Gasteiger partial charge in [0.25, 0.3) is 0 Å². The van der Waals surface area contributed by atoms with E-state index >= 15 is 0 Å². The molecule has 0 aliphatic heterocycles. The summed E-state index contributed by atoms with van der Waals surface area (Å²) in [6.45, 7) is 13.0. The molecule has 172 valence electrons. The highest BCUT2D eigenvalue weighted by molar-refractivity contribution is 7.12. The van der Waals surface area contributed by atoms with Crippen LogP contribution in [0.1, 0.15) is 67.7 Å².